The molecule has 1 heterocycles. The van der Waals surface area contributed by atoms with Crippen molar-refractivity contribution in [3.8, 4) is 28.3 Å². The van der Waals surface area contributed by atoms with E-state index < -0.39 is 10.4 Å². The number of benzene rings is 2. The van der Waals surface area contributed by atoms with Crippen LogP contribution in [0.5, 0.6) is 5.75 Å². The SMILES string of the molecule is COS(=O)(=O)[O-].COc1cccc(-c2cc(-c3ccc(F)cc3)n(C)[n+]2C)c1. The van der Waals surface area contributed by atoms with Crippen molar-refractivity contribution in [1.82, 2.24) is 4.68 Å². The number of hydrogen-bond acceptors (Lipinski definition) is 5. The molecule has 3 rings (SSSR count). The van der Waals surface area contributed by atoms with Crippen LogP contribution in [0.15, 0.2) is 54.6 Å². The summed E-state index contributed by atoms with van der Waals surface area (Å²) in [5.74, 6) is 0.597. The average Bonchev–Trinajstić information content (AvgIpc) is 2.97. The summed E-state index contributed by atoms with van der Waals surface area (Å²) >= 11 is 0. The van der Waals surface area contributed by atoms with Crippen LogP contribution in [0.4, 0.5) is 4.39 Å². The number of rotatable bonds is 4. The molecular weight excluding hydrogens is 387 g/mol. The van der Waals surface area contributed by atoms with Gasteiger partial charge in [-0.25, -0.2) is 12.8 Å². The second-order valence-electron chi connectivity index (χ2n) is 5.78. The molecule has 0 unspecified atom stereocenters. The van der Waals surface area contributed by atoms with Crippen LogP contribution in [0, 0.1) is 5.82 Å². The van der Waals surface area contributed by atoms with Gasteiger partial charge in [0.25, 0.3) is 0 Å². The van der Waals surface area contributed by atoms with Crippen molar-refractivity contribution in [3.63, 3.8) is 0 Å². The Morgan fingerprint density at radius 3 is 2.18 bits per heavy atom. The maximum atomic E-state index is 13.1. The van der Waals surface area contributed by atoms with Crippen molar-refractivity contribution in [2.45, 2.75) is 0 Å². The number of hydrogen-bond donors (Lipinski definition) is 0. The second-order valence-corrected chi connectivity index (χ2v) is 6.93. The molecule has 0 fully saturated rings. The first-order chi connectivity index (χ1) is 13.2. The third kappa shape index (κ3) is 5.38. The van der Waals surface area contributed by atoms with Crippen molar-refractivity contribution < 1.29 is 31.0 Å². The van der Waals surface area contributed by atoms with E-state index in [1.165, 1.54) is 12.1 Å². The van der Waals surface area contributed by atoms with E-state index in [4.69, 9.17) is 4.74 Å². The first kappa shape index (κ1) is 21.5. The van der Waals surface area contributed by atoms with E-state index in [0.717, 1.165) is 35.4 Å². The van der Waals surface area contributed by atoms with Gasteiger partial charge in [-0.3, -0.25) is 4.18 Å². The van der Waals surface area contributed by atoms with Crippen molar-refractivity contribution in [1.29, 1.82) is 0 Å². The Balaban J connectivity index is 0.000000409. The van der Waals surface area contributed by atoms with Gasteiger partial charge in [-0.1, -0.05) is 6.07 Å². The molecule has 0 amide bonds. The van der Waals surface area contributed by atoms with E-state index in [2.05, 4.69) is 14.9 Å². The van der Waals surface area contributed by atoms with Crippen LogP contribution in [-0.2, 0) is 28.7 Å². The molecule has 2 aromatic carbocycles. The summed E-state index contributed by atoms with van der Waals surface area (Å²) in [4.78, 5) is 0. The highest BCUT2D eigenvalue weighted by molar-refractivity contribution is 7.80. The molecule has 0 atom stereocenters. The quantitative estimate of drug-likeness (QED) is 0.376. The van der Waals surface area contributed by atoms with Gasteiger partial charge in [-0.05, 0) is 42.5 Å². The minimum Gasteiger partial charge on any atom is -0.726 e. The topological polar surface area (TPSA) is 84.5 Å². The summed E-state index contributed by atoms with van der Waals surface area (Å²) in [6.45, 7) is 0. The van der Waals surface area contributed by atoms with Crippen molar-refractivity contribution in [3.05, 3.63) is 60.4 Å². The molecule has 0 saturated heterocycles. The highest BCUT2D eigenvalue weighted by atomic mass is 32.3. The van der Waals surface area contributed by atoms with Crippen LogP contribution in [0.2, 0.25) is 0 Å². The van der Waals surface area contributed by atoms with Gasteiger partial charge in [-0.15, -0.1) is 4.68 Å². The Morgan fingerprint density at radius 1 is 1.04 bits per heavy atom. The summed E-state index contributed by atoms with van der Waals surface area (Å²) in [5, 5.41) is 0. The molecule has 0 saturated carbocycles. The van der Waals surface area contributed by atoms with Crippen LogP contribution in [0.1, 0.15) is 0 Å². The van der Waals surface area contributed by atoms with Gasteiger partial charge in [0.05, 0.1) is 26.8 Å². The highest BCUT2D eigenvalue weighted by Gasteiger charge is 2.20. The predicted octanol–water partition coefficient (Wildman–Crippen LogP) is 2.42. The molecule has 1 aromatic heterocycles. The van der Waals surface area contributed by atoms with E-state index in [1.807, 2.05) is 43.0 Å². The molecule has 0 bridgehead atoms. The summed E-state index contributed by atoms with van der Waals surface area (Å²) < 4.78 is 53.5. The monoisotopic (exact) mass is 408 g/mol. The van der Waals surface area contributed by atoms with Gasteiger partial charge in [0.2, 0.25) is 16.1 Å². The van der Waals surface area contributed by atoms with Crippen LogP contribution in [0.25, 0.3) is 22.5 Å². The largest absolute Gasteiger partial charge is 0.726 e. The molecule has 150 valence electrons. The Hall–Kier alpha value is -2.75. The van der Waals surface area contributed by atoms with Crippen LogP contribution in [0.3, 0.4) is 0 Å². The fraction of sp³-hybridized carbons (Fsp3) is 0.211. The van der Waals surface area contributed by atoms with Gasteiger partial charge in [0, 0.05) is 11.6 Å². The van der Waals surface area contributed by atoms with Gasteiger partial charge >= 0.3 is 0 Å². The summed E-state index contributed by atoms with van der Waals surface area (Å²) in [6.07, 6.45) is 0. The fourth-order valence-corrected chi connectivity index (χ4v) is 2.58. The lowest BCUT2D eigenvalue weighted by atomic mass is 10.1. The smallest absolute Gasteiger partial charge is 0.239 e. The number of aromatic nitrogens is 2. The minimum atomic E-state index is -4.41. The summed E-state index contributed by atoms with van der Waals surface area (Å²) in [7, 11) is 2.05. The summed E-state index contributed by atoms with van der Waals surface area (Å²) in [6, 6.07) is 16.6. The molecular formula is C19H21FN2O5S. The molecule has 9 heteroatoms. The lowest BCUT2D eigenvalue weighted by molar-refractivity contribution is -0.740. The Morgan fingerprint density at radius 2 is 1.64 bits per heavy atom. The standard InChI is InChI=1S/C18H18FN2O.CH4O4S/c1-20-17(13-7-9-15(19)10-8-13)12-18(21(20)2)14-5-4-6-16(11-14)22-3;1-5-6(2,3)4/h4-12H,1-3H3;1H3,(H,2,3,4)/q+1;/p-1. The molecule has 0 spiro atoms. The zero-order valence-electron chi connectivity index (χ0n) is 15.9. The molecule has 7 nitrogen and oxygen atoms in total. The Kier molecular flexibility index (Phi) is 6.90. The minimum absolute atomic E-state index is 0.227. The van der Waals surface area contributed by atoms with E-state index in [0.29, 0.717) is 0 Å². The van der Waals surface area contributed by atoms with Crippen molar-refractivity contribution in [2.24, 2.45) is 14.1 Å². The van der Waals surface area contributed by atoms with Crippen molar-refractivity contribution in [2.75, 3.05) is 14.2 Å². The normalized spacial score (nSPS) is 10.9. The van der Waals surface area contributed by atoms with Gasteiger partial charge in [0.15, 0.2) is 7.05 Å². The fourth-order valence-electron chi connectivity index (χ4n) is 2.58. The molecule has 0 aliphatic carbocycles. The molecule has 0 aliphatic heterocycles. The molecule has 0 radical (unpaired) electrons. The molecule has 0 aliphatic rings. The first-order valence-corrected chi connectivity index (χ1v) is 9.47. The maximum absolute atomic E-state index is 13.1. The summed E-state index contributed by atoms with van der Waals surface area (Å²) in [5.41, 5.74) is 4.15. The lowest BCUT2D eigenvalue weighted by Crippen LogP contribution is -2.39. The van der Waals surface area contributed by atoms with E-state index in [1.54, 1.807) is 19.2 Å². The van der Waals surface area contributed by atoms with Gasteiger partial charge in [-0.2, -0.15) is 4.68 Å². The number of ether oxygens (including phenoxy) is 1. The molecule has 3 aromatic rings. The number of halogens is 1. The van der Waals surface area contributed by atoms with Crippen LogP contribution < -0.4 is 9.42 Å². The van der Waals surface area contributed by atoms with Gasteiger partial charge in [0.1, 0.15) is 17.3 Å². The number of methoxy groups -OCH3 is 1. The van der Waals surface area contributed by atoms with Crippen LogP contribution in [-0.4, -0.2) is 31.9 Å². The third-order valence-corrected chi connectivity index (χ3v) is 4.54. The maximum Gasteiger partial charge on any atom is 0.239 e. The zero-order chi connectivity index (χ0) is 20.9. The van der Waals surface area contributed by atoms with E-state index >= 15 is 0 Å². The predicted molar refractivity (Wildman–Crippen MR) is 101 cm³/mol. The third-order valence-electron chi connectivity index (χ3n) is 4.13. The van der Waals surface area contributed by atoms with Crippen LogP contribution >= 0.6 is 0 Å². The average molecular weight is 408 g/mol. The van der Waals surface area contributed by atoms with E-state index in [-0.39, 0.29) is 5.82 Å². The zero-order valence-corrected chi connectivity index (χ0v) is 16.7. The number of nitrogens with zero attached hydrogens (tertiary/aromatic N) is 2. The Bertz CT molecular complexity index is 1050. The molecule has 28 heavy (non-hydrogen) atoms. The molecule has 0 N–H and O–H groups in total. The first-order valence-electron chi connectivity index (χ1n) is 8.14. The second kappa shape index (κ2) is 8.96. The van der Waals surface area contributed by atoms with Crippen molar-refractivity contribution >= 4 is 10.4 Å². The lowest BCUT2D eigenvalue weighted by Gasteiger charge is -2.01. The highest BCUT2D eigenvalue weighted by Crippen LogP contribution is 2.26. The van der Waals surface area contributed by atoms with E-state index in [9.17, 15) is 17.4 Å². The van der Waals surface area contributed by atoms with Gasteiger partial charge < -0.3 is 9.29 Å². The Labute approximate surface area is 163 Å².